The SMILES string of the molecule is CS(=O)(=O)CCCN1CCC[C@H]1c1cccc2ccccc12. The van der Waals surface area contributed by atoms with Gasteiger partial charge in [-0.1, -0.05) is 42.5 Å². The molecule has 1 aliphatic heterocycles. The zero-order valence-electron chi connectivity index (χ0n) is 13.0. The van der Waals surface area contributed by atoms with Gasteiger partial charge in [0.05, 0.1) is 5.75 Å². The minimum Gasteiger partial charge on any atom is -0.296 e. The molecule has 0 bridgehead atoms. The van der Waals surface area contributed by atoms with Crippen molar-refractivity contribution < 1.29 is 8.42 Å². The van der Waals surface area contributed by atoms with E-state index < -0.39 is 9.84 Å². The summed E-state index contributed by atoms with van der Waals surface area (Å²) in [4.78, 5) is 2.45. The van der Waals surface area contributed by atoms with Gasteiger partial charge in [-0.05, 0) is 48.7 Å². The summed E-state index contributed by atoms with van der Waals surface area (Å²) >= 11 is 0. The number of hydrogen-bond acceptors (Lipinski definition) is 3. The minimum absolute atomic E-state index is 0.283. The zero-order chi connectivity index (χ0) is 15.6. The quantitative estimate of drug-likeness (QED) is 0.848. The lowest BCUT2D eigenvalue weighted by Gasteiger charge is -2.25. The van der Waals surface area contributed by atoms with Gasteiger partial charge in [0.2, 0.25) is 0 Å². The molecule has 118 valence electrons. The molecule has 0 radical (unpaired) electrons. The topological polar surface area (TPSA) is 37.4 Å². The van der Waals surface area contributed by atoms with Crippen molar-refractivity contribution in [3.63, 3.8) is 0 Å². The van der Waals surface area contributed by atoms with E-state index >= 15 is 0 Å². The molecule has 3 rings (SSSR count). The molecule has 1 aliphatic rings. The van der Waals surface area contributed by atoms with Gasteiger partial charge in [-0.2, -0.15) is 0 Å². The van der Waals surface area contributed by atoms with Crippen LogP contribution in [0, 0.1) is 0 Å². The van der Waals surface area contributed by atoms with Crippen molar-refractivity contribution in [3.8, 4) is 0 Å². The number of fused-ring (bicyclic) bond motifs is 1. The van der Waals surface area contributed by atoms with Crippen LogP contribution in [-0.2, 0) is 9.84 Å². The number of hydrogen-bond donors (Lipinski definition) is 0. The first-order valence-electron chi connectivity index (χ1n) is 7.94. The summed E-state index contributed by atoms with van der Waals surface area (Å²) in [5.41, 5.74) is 1.38. The molecular formula is C18H23NO2S. The van der Waals surface area contributed by atoms with Gasteiger partial charge < -0.3 is 0 Å². The van der Waals surface area contributed by atoms with Crippen molar-refractivity contribution in [1.82, 2.24) is 4.90 Å². The molecule has 1 saturated heterocycles. The molecule has 0 aromatic heterocycles. The number of nitrogens with zero attached hydrogens (tertiary/aromatic N) is 1. The first-order chi connectivity index (χ1) is 10.5. The Bertz CT molecular complexity index is 749. The van der Waals surface area contributed by atoms with E-state index in [1.807, 2.05) is 0 Å². The van der Waals surface area contributed by atoms with Gasteiger partial charge >= 0.3 is 0 Å². The second-order valence-electron chi connectivity index (χ2n) is 6.25. The predicted octanol–water partition coefficient (Wildman–Crippen LogP) is 3.41. The van der Waals surface area contributed by atoms with Crippen LogP contribution in [0.3, 0.4) is 0 Å². The lowest BCUT2D eigenvalue weighted by atomic mass is 9.97. The third kappa shape index (κ3) is 3.50. The zero-order valence-corrected chi connectivity index (χ0v) is 13.8. The molecule has 0 unspecified atom stereocenters. The first kappa shape index (κ1) is 15.5. The Balaban J connectivity index is 1.80. The molecule has 2 aromatic rings. The molecule has 0 aliphatic carbocycles. The van der Waals surface area contributed by atoms with Crippen LogP contribution < -0.4 is 0 Å². The van der Waals surface area contributed by atoms with Gasteiger partial charge in [0, 0.05) is 12.3 Å². The summed E-state index contributed by atoms with van der Waals surface area (Å²) in [7, 11) is -2.86. The molecule has 0 saturated carbocycles. The Morgan fingerprint density at radius 2 is 1.91 bits per heavy atom. The van der Waals surface area contributed by atoms with E-state index in [0.29, 0.717) is 6.04 Å². The van der Waals surface area contributed by atoms with Crippen molar-refractivity contribution in [3.05, 3.63) is 48.0 Å². The highest BCUT2D eigenvalue weighted by Gasteiger charge is 2.26. The van der Waals surface area contributed by atoms with Gasteiger partial charge in [0.1, 0.15) is 9.84 Å². The fraction of sp³-hybridized carbons (Fsp3) is 0.444. The Morgan fingerprint density at radius 3 is 2.73 bits per heavy atom. The van der Waals surface area contributed by atoms with Crippen molar-refractivity contribution in [2.24, 2.45) is 0 Å². The summed E-state index contributed by atoms with van der Waals surface area (Å²) in [6.45, 7) is 1.93. The molecule has 1 atom stereocenters. The Hall–Kier alpha value is -1.39. The van der Waals surface area contributed by atoms with Gasteiger partial charge in [-0.3, -0.25) is 4.90 Å². The van der Waals surface area contributed by atoms with Gasteiger partial charge in [-0.25, -0.2) is 8.42 Å². The van der Waals surface area contributed by atoms with Crippen molar-refractivity contribution in [2.75, 3.05) is 25.1 Å². The monoisotopic (exact) mass is 317 g/mol. The maximum atomic E-state index is 11.3. The smallest absolute Gasteiger partial charge is 0.147 e. The maximum Gasteiger partial charge on any atom is 0.147 e. The van der Waals surface area contributed by atoms with Gasteiger partial charge in [-0.15, -0.1) is 0 Å². The standard InChI is InChI=1S/C18H23NO2S/c1-22(20,21)14-6-13-19-12-5-11-18(19)17-10-4-8-15-7-2-3-9-16(15)17/h2-4,7-10,18H,5-6,11-14H2,1H3/t18-/m0/s1. The molecule has 4 heteroatoms. The number of likely N-dealkylation sites (tertiary alicyclic amines) is 1. The van der Waals surface area contributed by atoms with E-state index in [2.05, 4.69) is 47.4 Å². The van der Waals surface area contributed by atoms with Crippen LogP contribution in [-0.4, -0.2) is 38.4 Å². The summed E-state index contributed by atoms with van der Waals surface area (Å²) in [6, 6.07) is 15.4. The highest BCUT2D eigenvalue weighted by Crippen LogP contribution is 2.35. The minimum atomic E-state index is -2.86. The lowest BCUT2D eigenvalue weighted by molar-refractivity contribution is 0.259. The molecule has 0 amide bonds. The van der Waals surface area contributed by atoms with Crippen LogP contribution in [0.4, 0.5) is 0 Å². The molecule has 1 heterocycles. The van der Waals surface area contributed by atoms with E-state index in [1.165, 1.54) is 29.0 Å². The van der Waals surface area contributed by atoms with E-state index in [4.69, 9.17) is 0 Å². The first-order valence-corrected chi connectivity index (χ1v) is 10.00. The third-order valence-corrected chi connectivity index (χ3v) is 5.54. The van der Waals surface area contributed by atoms with E-state index in [0.717, 1.165) is 25.9 Å². The Labute approximate surface area is 132 Å². The van der Waals surface area contributed by atoms with Crippen LogP contribution >= 0.6 is 0 Å². The molecule has 22 heavy (non-hydrogen) atoms. The molecule has 2 aromatic carbocycles. The van der Waals surface area contributed by atoms with E-state index in [-0.39, 0.29) is 5.75 Å². The van der Waals surface area contributed by atoms with Crippen molar-refractivity contribution in [2.45, 2.75) is 25.3 Å². The van der Waals surface area contributed by atoms with Crippen molar-refractivity contribution >= 4 is 20.6 Å². The molecule has 0 spiro atoms. The lowest BCUT2D eigenvalue weighted by Crippen LogP contribution is -2.26. The number of sulfone groups is 1. The average molecular weight is 317 g/mol. The summed E-state index contributed by atoms with van der Waals surface area (Å²) in [6.07, 6.45) is 4.39. The fourth-order valence-corrected chi connectivity index (χ4v) is 4.17. The molecule has 3 nitrogen and oxygen atoms in total. The van der Waals surface area contributed by atoms with Crippen LogP contribution in [0.5, 0.6) is 0 Å². The second kappa shape index (κ2) is 6.39. The fourth-order valence-electron chi connectivity index (χ4n) is 3.52. The predicted molar refractivity (Wildman–Crippen MR) is 91.8 cm³/mol. The summed E-state index contributed by atoms with van der Waals surface area (Å²) in [5, 5.41) is 2.60. The van der Waals surface area contributed by atoms with Crippen molar-refractivity contribution in [1.29, 1.82) is 0 Å². The maximum absolute atomic E-state index is 11.3. The van der Waals surface area contributed by atoms with Gasteiger partial charge in [0.25, 0.3) is 0 Å². The Morgan fingerprint density at radius 1 is 1.14 bits per heavy atom. The van der Waals surface area contributed by atoms with Crippen LogP contribution in [0.2, 0.25) is 0 Å². The largest absolute Gasteiger partial charge is 0.296 e. The highest BCUT2D eigenvalue weighted by atomic mass is 32.2. The number of rotatable bonds is 5. The third-order valence-electron chi connectivity index (χ3n) is 4.51. The highest BCUT2D eigenvalue weighted by molar-refractivity contribution is 7.90. The Kier molecular flexibility index (Phi) is 4.50. The van der Waals surface area contributed by atoms with Crippen LogP contribution in [0.15, 0.2) is 42.5 Å². The average Bonchev–Trinajstić information content (AvgIpc) is 2.93. The number of benzene rings is 2. The van der Waals surface area contributed by atoms with E-state index in [1.54, 1.807) is 0 Å². The van der Waals surface area contributed by atoms with Crippen LogP contribution in [0.1, 0.15) is 30.9 Å². The van der Waals surface area contributed by atoms with E-state index in [9.17, 15) is 8.42 Å². The molecular weight excluding hydrogens is 294 g/mol. The normalized spacial score (nSPS) is 19.8. The van der Waals surface area contributed by atoms with Crippen LogP contribution in [0.25, 0.3) is 10.8 Å². The summed E-state index contributed by atoms with van der Waals surface area (Å²) < 4.78 is 22.6. The summed E-state index contributed by atoms with van der Waals surface area (Å²) in [5.74, 6) is 0.283. The molecule has 0 N–H and O–H groups in total. The molecule has 1 fully saturated rings. The second-order valence-corrected chi connectivity index (χ2v) is 8.51. The van der Waals surface area contributed by atoms with Gasteiger partial charge in [0.15, 0.2) is 0 Å².